The molecule has 1 aromatic carbocycles. The van der Waals surface area contributed by atoms with Gasteiger partial charge in [-0.15, -0.1) is 0 Å². The van der Waals surface area contributed by atoms with Gasteiger partial charge < -0.3 is 15.2 Å². The van der Waals surface area contributed by atoms with Crippen molar-refractivity contribution in [3.63, 3.8) is 0 Å². The molecule has 1 aliphatic rings. The van der Waals surface area contributed by atoms with Crippen molar-refractivity contribution in [1.29, 1.82) is 0 Å². The third-order valence-corrected chi connectivity index (χ3v) is 5.41. The predicted octanol–water partition coefficient (Wildman–Crippen LogP) is 2.54. The van der Waals surface area contributed by atoms with Gasteiger partial charge in [0.05, 0.1) is 6.54 Å². The minimum atomic E-state index is -0.00359. The lowest BCUT2D eigenvalue weighted by Gasteiger charge is -2.28. The minimum absolute atomic E-state index is 0.00359. The van der Waals surface area contributed by atoms with Crippen LogP contribution in [0, 0.1) is 11.8 Å². The molecule has 2 unspecified atom stereocenters. The van der Waals surface area contributed by atoms with Crippen molar-refractivity contribution in [3.8, 4) is 0 Å². The molecule has 0 saturated carbocycles. The summed E-state index contributed by atoms with van der Waals surface area (Å²) in [4.78, 5) is 24.0. The summed E-state index contributed by atoms with van der Waals surface area (Å²) in [7, 11) is 0. The van der Waals surface area contributed by atoms with E-state index in [0.717, 1.165) is 24.2 Å². The molecule has 2 heterocycles. The van der Waals surface area contributed by atoms with E-state index < -0.39 is 0 Å². The van der Waals surface area contributed by atoms with Crippen molar-refractivity contribution in [2.75, 3.05) is 13.1 Å². The second kappa shape index (κ2) is 9.51. The van der Waals surface area contributed by atoms with E-state index in [9.17, 15) is 9.59 Å². The van der Waals surface area contributed by atoms with Gasteiger partial charge in [0.2, 0.25) is 5.91 Å². The van der Waals surface area contributed by atoms with Crippen molar-refractivity contribution >= 4 is 5.91 Å². The molecule has 3 rings (SSSR count). The van der Waals surface area contributed by atoms with Crippen LogP contribution in [-0.4, -0.2) is 23.6 Å². The highest BCUT2D eigenvalue weighted by Crippen LogP contribution is 2.22. The first-order valence-corrected chi connectivity index (χ1v) is 9.82. The topological polar surface area (TPSA) is 63.1 Å². The minimum Gasteiger partial charge on any atom is -0.352 e. The van der Waals surface area contributed by atoms with Crippen molar-refractivity contribution < 1.29 is 4.79 Å². The highest BCUT2D eigenvalue weighted by atomic mass is 16.1. The number of hydrogen-bond donors (Lipinski definition) is 2. The van der Waals surface area contributed by atoms with Gasteiger partial charge >= 0.3 is 0 Å². The van der Waals surface area contributed by atoms with Gasteiger partial charge in [0.25, 0.3) is 5.56 Å². The van der Waals surface area contributed by atoms with Crippen molar-refractivity contribution in [3.05, 3.63) is 70.1 Å². The number of benzene rings is 1. The van der Waals surface area contributed by atoms with E-state index >= 15 is 0 Å². The monoisotopic (exact) mass is 367 g/mol. The Kier molecular flexibility index (Phi) is 6.82. The molecule has 1 aliphatic heterocycles. The first kappa shape index (κ1) is 19.4. The lowest BCUT2D eigenvalue weighted by Crippen LogP contribution is -2.35. The quantitative estimate of drug-likeness (QED) is 0.790. The van der Waals surface area contributed by atoms with Crippen LogP contribution in [0.4, 0.5) is 0 Å². The molecule has 2 atom stereocenters. The molecule has 0 bridgehead atoms. The average Bonchev–Trinajstić information content (AvgIpc) is 2.70. The van der Waals surface area contributed by atoms with Crippen LogP contribution in [0.15, 0.2) is 53.5 Å². The Hall–Kier alpha value is -2.40. The van der Waals surface area contributed by atoms with Crippen molar-refractivity contribution in [2.45, 2.75) is 39.3 Å². The number of nitrogens with one attached hydrogen (secondary N) is 2. The van der Waals surface area contributed by atoms with Crippen LogP contribution < -0.4 is 16.2 Å². The second-order valence-corrected chi connectivity index (χ2v) is 7.55. The van der Waals surface area contributed by atoms with Crippen LogP contribution in [0.1, 0.15) is 37.3 Å². The number of amides is 1. The summed E-state index contributed by atoms with van der Waals surface area (Å²) in [5.74, 6) is 1.13. The molecule has 1 aromatic heterocycles. The van der Waals surface area contributed by atoms with Gasteiger partial charge in [0.15, 0.2) is 0 Å². The van der Waals surface area contributed by atoms with Gasteiger partial charge in [0, 0.05) is 25.2 Å². The number of pyridine rings is 1. The lowest BCUT2D eigenvalue weighted by atomic mass is 9.85. The van der Waals surface area contributed by atoms with Crippen molar-refractivity contribution in [2.24, 2.45) is 11.8 Å². The lowest BCUT2D eigenvalue weighted by molar-refractivity contribution is -0.122. The normalized spacial score (nSPS) is 18.0. The van der Waals surface area contributed by atoms with E-state index in [1.165, 1.54) is 12.8 Å². The van der Waals surface area contributed by atoms with Crippen LogP contribution in [0.3, 0.4) is 0 Å². The average molecular weight is 367 g/mol. The molecule has 1 fully saturated rings. The Balaban J connectivity index is 1.46. The van der Waals surface area contributed by atoms with Crippen LogP contribution in [0.2, 0.25) is 0 Å². The van der Waals surface area contributed by atoms with Crippen molar-refractivity contribution in [1.82, 2.24) is 15.2 Å². The van der Waals surface area contributed by atoms with E-state index in [0.29, 0.717) is 31.3 Å². The molecule has 2 N–H and O–H groups in total. The number of nitrogens with zero attached hydrogens (tertiary/aromatic N) is 1. The Bertz CT molecular complexity index is 792. The summed E-state index contributed by atoms with van der Waals surface area (Å²) < 4.78 is 1.68. The molecule has 0 radical (unpaired) electrons. The number of hydrogen-bond acceptors (Lipinski definition) is 3. The summed E-state index contributed by atoms with van der Waals surface area (Å²) in [5.41, 5.74) is 2.13. The maximum Gasteiger partial charge on any atom is 0.250 e. The van der Waals surface area contributed by atoms with Gasteiger partial charge in [-0.1, -0.05) is 37.3 Å². The van der Waals surface area contributed by atoms with E-state index in [1.807, 2.05) is 30.3 Å². The summed E-state index contributed by atoms with van der Waals surface area (Å²) in [6.45, 7) is 5.40. The fraction of sp³-hybridized carbons (Fsp3) is 0.455. The van der Waals surface area contributed by atoms with Gasteiger partial charge in [-0.05, 0) is 55.0 Å². The van der Waals surface area contributed by atoms with Crippen LogP contribution >= 0.6 is 0 Å². The third kappa shape index (κ3) is 5.79. The van der Waals surface area contributed by atoms with Gasteiger partial charge in [-0.2, -0.15) is 0 Å². The Morgan fingerprint density at radius 2 is 2.00 bits per heavy atom. The van der Waals surface area contributed by atoms with E-state index in [1.54, 1.807) is 22.9 Å². The fourth-order valence-electron chi connectivity index (χ4n) is 3.65. The third-order valence-electron chi connectivity index (χ3n) is 5.41. The molecule has 1 amide bonds. The first-order chi connectivity index (χ1) is 13.1. The van der Waals surface area contributed by atoms with E-state index in [-0.39, 0.29) is 11.5 Å². The van der Waals surface area contributed by atoms with Gasteiger partial charge in [-0.25, -0.2) is 0 Å². The summed E-state index contributed by atoms with van der Waals surface area (Å²) in [6, 6.07) is 13.2. The largest absolute Gasteiger partial charge is 0.352 e. The Morgan fingerprint density at radius 3 is 2.70 bits per heavy atom. The van der Waals surface area contributed by atoms with E-state index in [4.69, 9.17) is 0 Å². The summed E-state index contributed by atoms with van der Waals surface area (Å²) >= 11 is 0. The van der Waals surface area contributed by atoms with Gasteiger partial charge in [-0.3, -0.25) is 9.59 Å². The van der Waals surface area contributed by atoms with Gasteiger partial charge in [0.1, 0.15) is 0 Å². The predicted molar refractivity (Wildman–Crippen MR) is 107 cm³/mol. The number of carbonyl (C=O) groups is 1. The molecular weight excluding hydrogens is 338 g/mol. The zero-order valence-electron chi connectivity index (χ0n) is 16.0. The molecule has 0 aliphatic carbocycles. The SMILES string of the molecule is CC(CC(=O)NCc1ccc(Cn2ccccc2=O)cc1)C1CCCNC1. The first-order valence-electron chi connectivity index (χ1n) is 9.82. The highest BCUT2D eigenvalue weighted by molar-refractivity contribution is 5.76. The molecule has 144 valence electrons. The fourth-order valence-corrected chi connectivity index (χ4v) is 3.65. The molecule has 5 heteroatoms. The number of aromatic nitrogens is 1. The zero-order valence-corrected chi connectivity index (χ0v) is 16.0. The van der Waals surface area contributed by atoms with Crippen LogP contribution in [0.5, 0.6) is 0 Å². The number of carbonyl (C=O) groups excluding carboxylic acids is 1. The summed E-state index contributed by atoms with van der Waals surface area (Å²) in [5, 5.41) is 6.45. The maximum atomic E-state index is 12.2. The maximum absolute atomic E-state index is 12.2. The van der Waals surface area contributed by atoms with Crippen LogP contribution in [-0.2, 0) is 17.9 Å². The molecule has 27 heavy (non-hydrogen) atoms. The molecule has 2 aromatic rings. The summed E-state index contributed by atoms with van der Waals surface area (Å²) in [6.07, 6.45) is 4.80. The smallest absolute Gasteiger partial charge is 0.250 e. The Morgan fingerprint density at radius 1 is 1.22 bits per heavy atom. The zero-order chi connectivity index (χ0) is 19.1. The Labute approximate surface area is 160 Å². The molecular formula is C22H29N3O2. The molecule has 0 spiro atoms. The van der Waals surface area contributed by atoms with Crippen LogP contribution in [0.25, 0.3) is 0 Å². The molecule has 1 saturated heterocycles. The standard InChI is InChI=1S/C22H29N3O2/c1-17(20-5-4-11-23-15-20)13-21(26)24-14-18-7-9-19(10-8-18)16-25-12-3-2-6-22(25)27/h2-3,6-10,12,17,20,23H,4-5,11,13-16H2,1H3,(H,24,26). The second-order valence-electron chi connectivity index (χ2n) is 7.55. The number of rotatable bonds is 7. The molecule has 5 nitrogen and oxygen atoms in total. The number of piperidine rings is 1. The highest BCUT2D eigenvalue weighted by Gasteiger charge is 2.21. The van der Waals surface area contributed by atoms with E-state index in [2.05, 4.69) is 17.6 Å².